The number of nitrogen functional groups attached to an aromatic ring is 1. The van der Waals surface area contributed by atoms with Gasteiger partial charge in [0.05, 0.1) is 52.7 Å². The third-order valence-corrected chi connectivity index (χ3v) is 11.1. The van der Waals surface area contributed by atoms with Crippen molar-refractivity contribution in [2.24, 2.45) is 11.8 Å². The number of imidazole rings is 1. The molecule has 1 fully saturated rings. The second-order valence-corrected chi connectivity index (χ2v) is 16.8. The number of rotatable bonds is 29. The van der Waals surface area contributed by atoms with Gasteiger partial charge in [0.25, 0.3) is 5.91 Å². The van der Waals surface area contributed by atoms with Gasteiger partial charge in [0.1, 0.15) is 17.6 Å². The van der Waals surface area contributed by atoms with Gasteiger partial charge in [-0.15, -0.1) is 0 Å². The third-order valence-electron chi connectivity index (χ3n) is 11.1. The van der Waals surface area contributed by atoms with E-state index in [1.165, 1.54) is 10.6 Å². The number of aromatic amines is 1. The summed E-state index contributed by atoms with van der Waals surface area (Å²) in [5.74, 6) is -6.42. The number of unbranched alkanes of at least 4 members (excludes halogenated alkanes) is 1. The maximum atomic E-state index is 13.6. The van der Waals surface area contributed by atoms with Crippen LogP contribution in [0.1, 0.15) is 87.2 Å². The molecule has 5 amide bonds. The van der Waals surface area contributed by atoms with E-state index in [2.05, 4.69) is 41.5 Å². The highest BCUT2D eigenvalue weighted by molar-refractivity contribution is 5.94. The Morgan fingerprint density at radius 2 is 1.59 bits per heavy atom. The molecule has 2 heterocycles. The summed E-state index contributed by atoms with van der Waals surface area (Å²) in [6, 6.07) is 8.01. The molecule has 23 heteroatoms. The number of carbonyl (C=O) groups is 6. The topological polar surface area (TPSA) is 289 Å². The van der Waals surface area contributed by atoms with Crippen LogP contribution in [0.5, 0.6) is 6.01 Å². The number of amides is 5. The summed E-state index contributed by atoms with van der Waals surface area (Å²) in [6.07, 6.45) is 1.91. The monoisotopic (exact) mass is 980 g/mol. The van der Waals surface area contributed by atoms with Gasteiger partial charge in [-0.3, -0.25) is 28.5 Å². The summed E-state index contributed by atoms with van der Waals surface area (Å²) >= 11 is 0. The molecule has 1 saturated carbocycles. The van der Waals surface area contributed by atoms with Gasteiger partial charge in [0.2, 0.25) is 23.6 Å². The molecule has 0 saturated heterocycles. The molecule has 380 valence electrons. The van der Waals surface area contributed by atoms with Crippen molar-refractivity contribution < 1.29 is 56.5 Å². The van der Waals surface area contributed by atoms with Gasteiger partial charge >= 0.3 is 17.7 Å². The lowest BCUT2D eigenvalue weighted by Gasteiger charge is -2.25. The van der Waals surface area contributed by atoms with Crippen LogP contribution in [-0.2, 0) is 44.7 Å². The number of H-pyrrole nitrogens is 1. The van der Waals surface area contributed by atoms with E-state index in [9.17, 15) is 42.3 Å². The molecule has 8 N–H and O–H groups in total. The molecule has 5 rings (SSSR count). The number of nitrogens with zero attached hydrogens (tertiary/aromatic N) is 3. The van der Waals surface area contributed by atoms with E-state index >= 15 is 0 Å². The van der Waals surface area contributed by atoms with E-state index in [1.807, 2.05) is 6.92 Å². The Bertz CT molecular complexity index is 2500. The molecular formula is C47H62F2N10O11. The fraction of sp³-hybridized carbons (Fsp3) is 0.511. The number of halogens is 2. The molecule has 1 aliphatic rings. The Hall–Kier alpha value is -7.01. The van der Waals surface area contributed by atoms with Crippen molar-refractivity contribution in [3.8, 4) is 6.01 Å². The second kappa shape index (κ2) is 26.7. The molecule has 70 heavy (non-hydrogen) atoms. The average Bonchev–Trinajstić information content (AvgIpc) is 4.08. The molecule has 0 spiro atoms. The number of carbonyl (C=O) groups excluding carboxylic acids is 6. The zero-order valence-electron chi connectivity index (χ0n) is 39.7. The van der Waals surface area contributed by atoms with Crippen molar-refractivity contribution in [3.63, 3.8) is 0 Å². The highest BCUT2D eigenvalue weighted by Gasteiger charge is 2.44. The Morgan fingerprint density at radius 1 is 0.871 bits per heavy atom. The fourth-order valence-electron chi connectivity index (χ4n) is 7.19. The normalized spacial score (nSPS) is 14.9. The minimum atomic E-state index is -1.20. The van der Waals surface area contributed by atoms with Crippen molar-refractivity contribution in [3.05, 3.63) is 81.3 Å². The van der Waals surface area contributed by atoms with Gasteiger partial charge in [0, 0.05) is 31.0 Å². The Kier molecular flexibility index (Phi) is 20.5. The van der Waals surface area contributed by atoms with Crippen molar-refractivity contribution in [1.82, 2.24) is 46.1 Å². The Balaban J connectivity index is 0.934. The van der Waals surface area contributed by atoms with E-state index in [0.717, 1.165) is 30.5 Å². The minimum Gasteiger partial charge on any atom is -0.464 e. The smallest absolute Gasteiger partial charge is 0.328 e. The number of ether oxygens (including phenoxy) is 4. The van der Waals surface area contributed by atoms with E-state index in [0.29, 0.717) is 35.3 Å². The molecule has 0 bridgehead atoms. The lowest BCUT2D eigenvalue weighted by Crippen LogP contribution is -2.55. The van der Waals surface area contributed by atoms with E-state index in [1.54, 1.807) is 45.0 Å². The van der Waals surface area contributed by atoms with Crippen LogP contribution in [0.25, 0.3) is 11.2 Å². The van der Waals surface area contributed by atoms with Crippen molar-refractivity contribution in [2.75, 3.05) is 65.0 Å². The molecule has 1 aliphatic carbocycles. The molecule has 2 aromatic carbocycles. The van der Waals surface area contributed by atoms with Crippen LogP contribution >= 0.6 is 0 Å². The number of anilines is 1. The zero-order valence-corrected chi connectivity index (χ0v) is 39.7. The van der Waals surface area contributed by atoms with Crippen LogP contribution in [0.4, 0.5) is 14.6 Å². The van der Waals surface area contributed by atoms with E-state index in [4.69, 9.17) is 24.7 Å². The number of aromatic nitrogens is 4. The van der Waals surface area contributed by atoms with Gasteiger partial charge in [-0.2, -0.15) is 9.97 Å². The highest BCUT2D eigenvalue weighted by atomic mass is 19.2. The van der Waals surface area contributed by atoms with Gasteiger partial charge in [-0.1, -0.05) is 45.4 Å². The summed E-state index contributed by atoms with van der Waals surface area (Å²) < 4.78 is 50.1. The first kappa shape index (κ1) is 53.9. The highest BCUT2D eigenvalue weighted by Crippen LogP contribution is 2.47. The quantitative estimate of drug-likeness (QED) is 0.0303. The van der Waals surface area contributed by atoms with Gasteiger partial charge < -0.3 is 56.2 Å². The van der Waals surface area contributed by atoms with Crippen LogP contribution in [0.15, 0.2) is 47.3 Å². The number of hydrogen-bond acceptors (Lipinski definition) is 14. The lowest BCUT2D eigenvalue weighted by atomic mass is 10.0. The predicted molar refractivity (Wildman–Crippen MR) is 250 cm³/mol. The summed E-state index contributed by atoms with van der Waals surface area (Å²) in [7, 11) is 0. The fourth-order valence-corrected chi connectivity index (χ4v) is 7.19. The summed E-state index contributed by atoms with van der Waals surface area (Å²) in [6.45, 7) is 8.37. The van der Waals surface area contributed by atoms with Crippen molar-refractivity contribution in [2.45, 2.75) is 84.3 Å². The molecule has 0 aliphatic heterocycles. The molecule has 21 nitrogen and oxygen atoms in total. The first-order valence-electron chi connectivity index (χ1n) is 23.3. The van der Waals surface area contributed by atoms with Crippen LogP contribution in [0, 0.1) is 23.5 Å². The molecule has 4 atom stereocenters. The average molecular weight is 981 g/mol. The number of fused-ring (bicyclic) bond motifs is 1. The predicted octanol–water partition coefficient (Wildman–Crippen LogP) is 1.98. The number of hydrogen-bond donors (Lipinski definition) is 7. The molecule has 2 aromatic heterocycles. The second-order valence-electron chi connectivity index (χ2n) is 16.8. The summed E-state index contributed by atoms with van der Waals surface area (Å²) in [5, 5.41) is 13.1. The molecular weight excluding hydrogens is 919 g/mol. The Labute approximate surface area is 402 Å². The van der Waals surface area contributed by atoms with Gasteiger partial charge in [-0.25, -0.2) is 18.4 Å². The third kappa shape index (κ3) is 16.0. The maximum Gasteiger partial charge on any atom is 0.328 e. The molecule has 3 unspecified atom stereocenters. The van der Waals surface area contributed by atoms with E-state index in [-0.39, 0.29) is 89.2 Å². The van der Waals surface area contributed by atoms with Crippen LogP contribution in [-0.4, -0.2) is 126 Å². The largest absolute Gasteiger partial charge is 0.464 e. The SMILES string of the molecule is CCCCOc1nc(N)c2[nH]c(=O)n(Cc3ccc(C(=O)NCCOCCOCCNC(=O)CC[C@@H](NC(=O)C(NC(=O)CNC(=O)C4CC4c4ccc(F)c(F)c4)C(C)C)C(=O)OCC)cc3)c2n1. The van der Waals surface area contributed by atoms with Crippen LogP contribution < -0.4 is 42.7 Å². The number of esters is 1. The maximum absolute atomic E-state index is 13.6. The summed E-state index contributed by atoms with van der Waals surface area (Å²) in [5.41, 5.74) is 7.90. The first-order chi connectivity index (χ1) is 33.6. The van der Waals surface area contributed by atoms with E-state index < -0.39 is 77.4 Å². The number of nitrogens with one attached hydrogen (secondary N) is 6. The van der Waals surface area contributed by atoms with Crippen molar-refractivity contribution in [1.29, 1.82) is 0 Å². The number of nitrogens with two attached hydrogens (primary N) is 1. The van der Waals surface area contributed by atoms with Crippen molar-refractivity contribution >= 4 is 52.5 Å². The lowest BCUT2D eigenvalue weighted by molar-refractivity contribution is -0.148. The molecule has 0 radical (unpaired) electrons. The molecule has 4 aromatic rings. The number of benzene rings is 2. The van der Waals surface area contributed by atoms with Gasteiger partial charge in [-0.05, 0) is 73.4 Å². The minimum absolute atomic E-state index is 0.0230. The standard InChI is InChI=1S/C47H62F2N10O11/c1-5-7-18-70-46-57-40(50)39-41(58-46)59(47(66)56-39)26-28-8-10-29(11-9-28)42(62)52-17-20-68-22-21-67-19-16-51-36(60)15-14-35(45(65)69-6-2)54-44(64)38(27(3)4)55-37(61)25-53-43(63)32-24-31(32)30-12-13-33(48)34(49)23-30/h8-13,23,27,31-32,35,38H,5-7,14-22,24-26H2,1-4H3,(H,51,60)(H,52,62)(H,53,63)(H,54,64)(H,55,61)(H,56,66)(H2,50,57,58)/t31?,32?,35-,38?/m1/s1. The van der Waals surface area contributed by atoms with Crippen LogP contribution in [0.3, 0.4) is 0 Å². The Morgan fingerprint density at radius 3 is 2.26 bits per heavy atom. The van der Waals surface area contributed by atoms with Crippen LogP contribution in [0.2, 0.25) is 0 Å². The summed E-state index contributed by atoms with van der Waals surface area (Å²) in [4.78, 5) is 101. The first-order valence-corrected chi connectivity index (χ1v) is 23.3. The van der Waals surface area contributed by atoms with Gasteiger partial charge in [0.15, 0.2) is 23.1 Å². The zero-order chi connectivity index (χ0) is 50.7.